The zero-order valence-corrected chi connectivity index (χ0v) is 5.04. The second kappa shape index (κ2) is 2.18. The first kappa shape index (κ1) is 5.63. The second-order valence-electron chi connectivity index (χ2n) is 2.18. The van der Waals surface area contributed by atoms with Gasteiger partial charge in [-0.15, -0.1) is 0 Å². The number of aliphatic hydroxyl groups is 1. The van der Waals surface area contributed by atoms with Gasteiger partial charge < -0.3 is 5.11 Å². The molecule has 0 spiro atoms. The van der Waals surface area contributed by atoms with Crippen LogP contribution in [0.1, 0.15) is 6.42 Å². The Kier molecular flexibility index (Phi) is 1.53. The molecular formula is C6H11NO. The molecule has 0 unspecified atom stereocenters. The molecule has 2 nitrogen and oxygen atoms in total. The van der Waals surface area contributed by atoms with Crippen molar-refractivity contribution in [3.63, 3.8) is 0 Å². The van der Waals surface area contributed by atoms with Gasteiger partial charge in [0, 0.05) is 12.6 Å². The van der Waals surface area contributed by atoms with Crippen LogP contribution >= 0.6 is 0 Å². The number of aliphatic hydroxyl groups excluding tert-OH is 1. The summed E-state index contributed by atoms with van der Waals surface area (Å²) in [5, 5.41) is 8.31. The van der Waals surface area contributed by atoms with Crippen LogP contribution in [0.5, 0.6) is 0 Å². The lowest BCUT2D eigenvalue weighted by atomic mass is 10.1. The number of hydrogen-bond acceptors (Lipinski definition) is 2. The Hall–Kier alpha value is -0.500. The number of likely N-dealkylation sites (tertiary alicyclic amines) is 1. The lowest BCUT2D eigenvalue weighted by Gasteiger charge is -2.35. The summed E-state index contributed by atoms with van der Waals surface area (Å²) in [5.74, 6) is 0. The largest absolute Gasteiger partial charge is 0.516 e. The minimum absolute atomic E-state index is 0.500. The van der Waals surface area contributed by atoms with Gasteiger partial charge in [0.15, 0.2) is 0 Å². The zero-order chi connectivity index (χ0) is 5.98. The van der Waals surface area contributed by atoms with Crippen LogP contribution in [0.2, 0.25) is 0 Å². The highest BCUT2D eigenvalue weighted by molar-refractivity contribution is 4.95. The summed E-state index contributed by atoms with van der Waals surface area (Å²) < 4.78 is 0. The maximum absolute atomic E-state index is 8.31. The molecule has 1 aliphatic rings. The fourth-order valence-electron chi connectivity index (χ4n) is 0.879. The second-order valence-corrected chi connectivity index (χ2v) is 2.18. The molecule has 2 heteroatoms. The van der Waals surface area contributed by atoms with Crippen LogP contribution in [-0.2, 0) is 0 Å². The summed E-state index contributed by atoms with van der Waals surface area (Å²) in [6.45, 7) is 1.16. The number of nitrogens with zero attached hydrogens (tertiary/aromatic N) is 1. The first-order valence-corrected chi connectivity index (χ1v) is 2.85. The molecule has 0 radical (unpaired) electrons. The van der Waals surface area contributed by atoms with Crippen molar-refractivity contribution in [3.05, 3.63) is 12.3 Å². The fourth-order valence-corrected chi connectivity index (χ4v) is 0.879. The quantitative estimate of drug-likeness (QED) is 0.507. The summed E-state index contributed by atoms with van der Waals surface area (Å²) in [6, 6.07) is 0.500. The summed E-state index contributed by atoms with van der Waals surface area (Å²) in [4.78, 5) is 2.19. The van der Waals surface area contributed by atoms with Crippen molar-refractivity contribution in [3.8, 4) is 0 Å². The molecule has 0 aromatic rings. The monoisotopic (exact) mass is 113 g/mol. The van der Waals surface area contributed by atoms with E-state index in [1.165, 1.54) is 6.42 Å². The first-order valence-electron chi connectivity index (χ1n) is 2.85. The molecule has 46 valence electrons. The van der Waals surface area contributed by atoms with Crippen LogP contribution in [0.15, 0.2) is 12.3 Å². The van der Waals surface area contributed by atoms with Crippen molar-refractivity contribution in [1.29, 1.82) is 0 Å². The topological polar surface area (TPSA) is 23.5 Å². The van der Waals surface area contributed by atoms with Gasteiger partial charge in [0.25, 0.3) is 0 Å². The van der Waals surface area contributed by atoms with Crippen LogP contribution in [0.3, 0.4) is 0 Å². The first-order chi connectivity index (χ1) is 3.84. The highest BCUT2D eigenvalue weighted by atomic mass is 16.2. The molecule has 0 aromatic heterocycles. The van der Waals surface area contributed by atoms with E-state index in [2.05, 4.69) is 4.90 Å². The van der Waals surface area contributed by atoms with E-state index >= 15 is 0 Å². The van der Waals surface area contributed by atoms with Gasteiger partial charge in [-0.25, -0.2) is 0 Å². The maximum Gasteiger partial charge on any atom is 0.0767 e. The summed E-state index contributed by atoms with van der Waals surface area (Å²) in [6.07, 6.45) is 4.12. The maximum atomic E-state index is 8.31. The zero-order valence-electron chi connectivity index (χ0n) is 5.04. The van der Waals surface area contributed by atoms with E-state index in [1.807, 2.05) is 13.1 Å². The van der Waals surface area contributed by atoms with E-state index in [1.54, 1.807) is 0 Å². The van der Waals surface area contributed by atoms with E-state index in [0.29, 0.717) is 6.04 Å². The third kappa shape index (κ3) is 0.842. The Morgan fingerprint density at radius 3 is 2.62 bits per heavy atom. The summed E-state index contributed by atoms with van der Waals surface area (Å²) in [5.41, 5.74) is 0. The Morgan fingerprint density at radius 2 is 2.50 bits per heavy atom. The molecule has 1 fully saturated rings. The average molecular weight is 113 g/mol. The molecule has 0 bridgehead atoms. The lowest BCUT2D eigenvalue weighted by molar-refractivity contribution is 0.164. The third-order valence-corrected chi connectivity index (χ3v) is 1.65. The normalized spacial score (nSPS) is 30.9. The molecule has 0 amide bonds. The highest BCUT2D eigenvalue weighted by Gasteiger charge is 2.20. The van der Waals surface area contributed by atoms with Gasteiger partial charge in [-0.1, -0.05) is 0 Å². The van der Waals surface area contributed by atoms with Gasteiger partial charge in [0.2, 0.25) is 0 Å². The average Bonchev–Trinajstić information content (AvgIpc) is 1.79. The number of hydrogen-bond donors (Lipinski definition) is 1. The Morgan fingerprint density at radius 1 is 1.75 bits per heavy atom. The number of rotatable bonds is 1. The van der Waals surface area contributed by atoms with Crippen LogP contribution in [0.25, 0.3) is 0 Å². The molecule has 1 atom stereocenters. The van der Waals surface area contributed by atoms with E-state index in [4.69, 9.17) is 5.11 Å². The highest BCUT2D eigenvalue weighted by Crippen LogP contribution is 2.14. The van der Waals surface area contributed by atoms with Crippen molar-refractivity contribution in [2.75, 3.05) is 13.6 Å². The Bertz CT molecular complexity index is 101. The molecular weight excluding hydrogens is 102 g/mol. The molecule has 1 rings (SSSR count). The van der Waals surface area contributed by atoms with E-state index < -0.39 is 0 Å². The lowest BCUT2D eigenvalue weighted by Crippen LogP contribution is -2.42. The van der Waals surface area contributed by atoms with Crippen LogP contribution in [0.4, 0.5) is 0 Å². The Balaban J connectivity index is 2.27. The van der Waals surface area contributed by atoms with E-state index in [-0.39, 0.29) is 0 Å². The van der Waals surface area contributed by atoms with Gasteiger partial charge in [-0.05, 0) is 19.5 Å². The summed E-state index contributed by atoms with van der Waals surface area (Å²) in [7, 11) is 2.05. The van der Waals surface area contributed by atoms with Crippen LogP contribution in [-0.4, -0.2) is 29.6 Å². The number of likely N-dealkylation sites (N-methyl/N-ethyl adjacent to an activating group) is 1. The Labute approximate surface area is 49.4 Å². The molecule has 0 aliphatic carbocycles. The molecule has 0 aromatic carbocycles. The molecule has 1 saturated heterocycles. The van der Waals surface area contributed by atoms with Gasteiger partial charge in [-0.2, -0.15) is 0 Å². The van der Waals surface area contributed by atoms with Crippen molar-refractivity contribution in [2.24, 2.45) is 0 Å². The predicted octanol–water partition coefficient (Wildman–Crippen LogP) is 0.762. The minimum Gasteiger partial charge on any atom is -0.516 e. The minimum atomic E-state index is 0.500. The van der Waals surface area contributed by atoms with Gasteiger partial charge >= 0.3 is 0 Å². The van der Waals surface area contributed by atoms with Crippen molar-refractivity contribution >= 4 is 0 Å². The predicted molar refractivity (Wildman–Crippen MR) is 32.8 cm³/mol. The third-order valence-electron chi connectivity index (χ3n) is 1.65. The molecule has 1 N–H and O–H groups in total. The van der Waals surface area contributed by atoms with Gasteiger partial charge in [-0.3, -0.25) is 4.90 Å². The fraction of sp³-hybridized carbons (Fsp3) is 0.667. The van der Waals surface area contributed by atoms with Crippen LogP contribution < -0.4 is 0 Å². The smallest absolute Gasteiger partial charge is 0.0767 e. The van der Waals surface area contributed by atoms with Crippen molar-refractivity contribution in [1.82, 2.24) is 4.90 Å². The summed E-state index contributed by atoms with van der Waals surface area (Å²) >= 11 is 0. The molecule has 1 heterocycles. The standard InChI is InChI=1S/C6H11NO/c1-7-4-2-6(7)3-5-8/h3,5-6,8H,2,4H2,1H3/t6-/m0/s1. The van der Waals surface area contributed by atoms with Gasteiger partial charge in [0.1, 0.15) is 0 Å². The SMILES string of the molecule is CN1CC[C@H]1C=CO. The van der Waals surface area contributed by atoms with Crippen molar-refractivity contribution < 1.29 is 5.11 Å². The molecule has 0 saturated carbocycles. The van der Waals surface area contributed by atoms with E-state index in [9.17, 15) is 0 Å². The van der Waals surface area contributed by atoms with Crippen LogP contribution in [0, 0.1) is 0 Å². The van der Waals surface area contributed by atoms with Crippen molar-refractivity contribution in [2.45, 2.75) is 12.5 Å². The van der Waals surface area contributed by atoms with E-state index in [0.717, 1.165) is 12.8 Å². The molecule has 8 heavy (non-hydrogen) atoms. The molecule has 1 aliphatic heterocycles. The van der Waals surface area contributed by atoms with Gasteiger partial charge in [0.05, 0.1) is 6.26 Å².